The van der Waals surface area contributed by atoms with Crippen LogP contribution in [0.3, 0.4) is 0 Å². The summed E-state index contributed by atoms with van der Waals surface area (Å²) >= 11 is 0. The fraction of sp³-hybridized carbons (Fsp3) is 0.444. The molecule has 1 saturated heterocycles. The average molecular weight is 479 g/mol. The molecule has 35 heavy (non-hydrogen) atoms. The maximum atomic E-state index is 13.6. The number of nitrogens with one attached hydrogen (secondary N) is 1. The van der Waals surface area contributed by atoms with E-state index in [1.807, 2.05) is 24.3 Å². The molecule has 0 bridgehead atoms. The van der Waals surface area contributed by atoms with Gasteiger partial charge in [0.2, 0.25) is 5.91 Å². The van der Waals surface area contributed by atoms with Gasteiger partial charge in [0, 0.05) is 19.0 Å². The van der Waals surface area contributed by atoms with Gasteiger partial charge in [-0.1, -0.05) is 48.5 Å². The number of nitrogens with zero attached hydrogens (tertiary/aromatic N) is 1. The van der Waals surface area contributed by atoms with E-state index in [0.29, 0.717) is 0 Å². The van der Waals surface area contributed by atoms with Gasteiger partial charge in [-0.25, -0.2) is 4.79 Å². The SMILES string of the molecule is CC(NC(=O)OCC1c2ccccc2-c2ccccc21)(C(=O)N1CCOCC(C(=O)O)C1)C1CC1. The highest BCUT2D eigenvalue weighted by atomic mass is 16.5. The van der Waals surface area contributed by atoms with Gasteiger partial charge in [-0.3, -0.25) is 9.59 Å². The Balaban J connectivity index is 1.28. The van der Waals surface area contributed by atoms with E-state index in [2.05, 4.69) is 29.6 Å². The van der Waals surface area contributed by atoms with E-state index in [0.717, 1.165) is 35.1 Å². The number of aliphatic carboxylic acids is 1. The Labute approximate surface area is 204 Å². The molecule has 1 aliphatic heterocycles. The Morgan fingerprint density at radius 3 is 2.31 bits per heavy atom. The summed E-state index contributed by atoms with van der Waals surface area (Å²) in [6, 6.07) is 16.2. The van der Waals surface area contributed by atoms with Crippen molar-refractivity contribution in [3.63, 3.8) is 0 Å². The molecule has 2 N–H and O–H groups in total. The van der Waals surface area contributed by atoms with Crippen LogP contribution in [0.4, 0.5) is 4.79 Å². The van der Waals surface area contributed by atoms with Crippen LogP contribution in [0.1, 0.15) is 36.8 Å². The Morgan fingerprint density at radius 1 is 1.09 bits per heavy atom. The van der Waals surface area contributed by atoms with Crippen LogP contribution in [0.2, 0.25) is 0 Å². The van der Waals surface area contributed by atoms with Crippen molar-refractivity contribution in [1.29, 1.82) is 0 Å². The van der Waals surface area contributed by atoms with E-state index < -0.39 is 23.5 Å². The minimum atomic E-state index is -1.16. The molecular formula is C27H30N2O6. The highest BCUT2D eigenvalue weighted by Crippen LogP contribution is 2.45. The van der Waals surface area contributed by atoms with E-state index in [1.165, 1.54) is 4.90 Å². The third kappa shape index (κ3) is 4.50. The number of hydrogen-bond acceptors (Lipinski definition) is 5. The molecule has 1 saturated carbocycles. The Hall–Kier alpha value is -3.39. The van der Waals surface area contributed by atoms with Crippen molar-refractivity contribution in [2.75, 3.05) is 32.9 Å². The molecule has 3 aliphatic rings. The predicted octanol–water partition coefficient (Wildman–Crippen LogP) is 3.25. The molecule has 8 nitrogen and oxygen atoms in total. The maximum Gasteiger partial charge on any atom is 0.408 e. The Morgan fingerprint density at radius 2 is 1.71 bits per heavy atom. The van der Waals surface area contributed by atoms with Crippen LogP contribution >= 0.6 is 0 Å². The van der Waals surface area contributed by atoms with Crippen molar-refractivity contribution < 1.29 is 29.0 Å². The number of carbonyl (C=O) groups excluding carboxylic acids is 2. The molecule has 2 atom stereocenters. The molecule has 2 unspecified atom stereocenters. The molecule has 184 valence electrons. The normalized spacial score (nSPS) is 21.3. The second-order valence-corrected chi connectivity index (χ2v) is 9.79. The number of rotatable bonds is 6. The lowest BCUT2D eigenvalue weighted by Crippen LogP contribution is -2.60. The third-order valence-electron chi connectivity index (χ3n) is 7.45. The second kappa shape index (κ2) is 9.34. The molecule has 2 aliphatic carbocycles. The van der Waals surface area contributed by atoms with Crippen molar-refractivity contribution in [3.05, 3.63) is 59.7 Å². The van der Waals surface area contributed by atoms with Crippen LogP contribution in [0.5, 0.6) is 0 Å². The van der Waals surface area contributed by atoms with Gasteiger partial charge in [0.05, 0.1) is 19.1 Å². The molecule has 2 amide bonds. The Bertz CT molecular complexity index is 1100. The number of carboxylic acids is 1. The molecule has 8 heteroatoms. The van der Waals surface area contributed by atoms with Gasteiger partial charge in [0.25, 0.3) is 0 Å². The molecule has 2 aromatic rings. The lowest BCUT2D eigenvalue weighted by atomic mass is 9.93. The smallest absolute Gasteiger partial charge is 0.408 e. The van der Waals surface area contributed by atoms with Gasteiger partial charge in [-0.2, -0.15) is 0 Å². The molecular weight excluding hydrogens is 448 g/mol. The zero-order valence-electron chi connectivity index (χ0n) is 19.7. The van der Waals surface area contributed by atoms with Gasteiger partial charge < -0.3 is 24.8 Å². The second-order valence-electron chi connectivity index (χ2n) is 9.79. The maximum absolute atomic E-state index is 13.6. The van der Waals surface area contributed by atoms with E-state index in [9.17, 15) is 19.5 Å². The first-order valence-corrected chi connectivity index (χ1v) is 12.1. The summed E-state index contributed by atoms with van der Waals surface area (Å²) in [5.41, 5.74) is 3.37. The fourth-order valence-corrected chi connectivity index (χ4v) is 5.31. The van der Waals surface area contributed by atoms with E-state index in [-0.39, 0.29) is 50.7 Å². The summed E-state index contributed by atoms with van der Waals surface area (Å²) in [4.78, 5) is 39.6. The van der Waals surface area contributed by atoms with Crippen molar-refractivity contribution in [3.8, 4) is 11.1 Å². The van der Waals surface area contributed by atoms with Gasteiger partial charge in [-0.05, 0) is 47.9 Å². The molecule has 2 fully saturated rings. The minimum Gasteiger partial charge on any atom is -0.481 e. The first-order valence-electron chi connectivity index (χ1n) is 12.1. The highest BCUT2D eigenvalue weighted by Gasteiger charge is 2.51. The topological polar surface area (TPSA) is 105 Å². The van der Waals surface area contributed by atoms with Gasteiger partial charge >= 0.3 is 12.1 Å². The summed E-state index contributed by atoms with van der Waals surface area (Å²) in [7, 11) is 0. The number of amides is 2. The molecule has 1 heterocycles. The average Bonchev–Trinajstić information content (AvgIpc) is 3.69. The summed E-state index contributed by atoms with van der Waals surface area (Å²) in [5, 5.41) is 12.3. The largest absolute Gasteiger partial charge is 0.481 e. The summed E-state index contributed by atoms with van der Waals surface area (Å²) < 4.78 is 11.1. The number of hydrogen-bond donors (Lipinski definition) is 2. The quantitative estimate of drug-likeness (QED) is 0.660. The van der Waals surface area contributed by atoms with Crippen LogP contribution in [-0.2, 0) is 19.1 Å². The van der Waals surface area contributed by atoms with Crippen LogP contribution in [0, 0.1) is 11.8 Å². The highest BCUT2D eigenvalue weighted by molar-refractivity contribution is 5.91. The number of alkyl carbamates (subject to hydrolysis) is 1. The monoisotopic (exact) mass is 478 g/mol. The van der Waals surface area contributed by atoms with Gasteiger partial charge in [0.15, 0.2) is 0 Å². The molecule has 5 rings (SSSR count). The molecule has 2 aromatic carbocycles. The van der Waals surface area contributed by atoms with Crippen molar-refractivity contribution in [1.82, 2.24) is 10.2 Å². The number of ether oxygens (including phenoxy) is 2. The van der Waals surface area contributed by atoms with Gasteiger partial charge in [0.1, 0.15) is 12.1 Å². The zero-order valence-corrected chi connectivity index (χ0v) is 19.7. The van der Waals surface area contributed by atoms with Gasteiger partial charge in [-0.15, -0.1) is 0 Å². The predicted molar refractivity (Wildman–Crippen MR) is 128 cm³/mol. The first kappa shape index (κ1) is 23.4. The first-order chi connectivity index (χ1) is 16.9. The third-order valence-corrected chi connectivity index (χ3v) is 7.45. The summed E-state index contributed by atoms with van der Waals surface area (Å²) in [5.74, 6) is -2.16. The van der Waals surface area contributed by atoms with Crippen molar-refractivity contribution in [2.24, 2.45) is 11.8 Å². The number of carboxylic acid groups (broad SMARTS) is 1. The zero-order chi connectivity index (χ0) is 24.6. The lowest BCUT2D eigenvalue weighted by molar-refractivity contribution is -0.145. The molecule has 0 aromatic heterocycles. The van der Waals surface area contributed by atoms with Crippen LogP contribution < -0.4 is 5.32 Å². The Kier molecular flexibility index (Phi) is 6.23. The van der Waals surface area contributed by atoms with E-state index >= 15 is 0 Å². The van der Waals surface area contributed by atoms with E-state index in [1.54, 1.807) is 6.92 Å². The number of fused-ring (bicyclic) bond motifs is 3. The van der Waals surface area contributed by atoms with Crippen LogP contribution in [0.25, 0.3) is 11.1 Å². The van der Waals surface area contributed by atoms with Crippen LogP contribution in [0.15, 0.2) is 48.5 Å². The number of carbonyl (C=O) groups is 3. The van der Waals surface area contributed by atoms with Crippen molar-refractivity contribution >= 4 is 18.0 Å². The van der Waals surface area contributed by atoms with Crippen LogP contribution in [-0.4, -0.2) is 66.4 Å². The number of benzene rings is 2. The van der Waals surface area contributed by atoms with Crippen molar-refractivity contribution in [2.45, 2.75) is 31.2 Å². The minimum absolute atomic E-state index is 0.0112. The fourth-order valence-electron chi connectivity index (χ4n) is 5.31. The standard InChI is InChI=1S/C27H30N2O6/c1-27(18-10-11-18,25(32)29-12-13-34-15-17(14-29)24(30)31)28-26(33)35-16-23-21-8-4-2-6-19(21)20-7-3-5-9-22(20)23/h2-9,17-18,23H,10-16H2,1H3,(H,28,33)(H,30,31). The lowest BCUT2D eigenvalue weighted by Gasteiger charge is -2.35. The molecule has 0 radical (unpaired) electrons. The summed E-state index contributed by atoms with van der Waals surface area (Å²) in [6.07, 6.45) is 0.993. The summed E-state index contributed by atoms with van der Waals surface area (Å²) in [6.45, 7) is 2.56. The van der Waals surface area contributed by atoms with E-state index in [4.69, 9.17) is 9.47 Å². The molecule has 0 spiro atoms.